The first-order chi connectivity index (χ1) is 8.47. The molecule has 0 amide bonds. The van der Waals surface area contributed by atoms with Crippen molar-refractivity contribution >= 4 is 11.3 Å². The van der Waals surface area contributed by atoms with Crippen LogP contribution in [0.15, 0.2) is 24.3 Å². The highest BCUT2D eigenvalue weighted by Gasteiger charge is 2.21. The predicted octanol–water partition coefficient (Wildman–Crippen LogP) is 0.548. The van der Waals surface area contributed by atoms with E-state index in [0.29, 0.717) is 11.3 Å². The predicted molar refractivity (Wildman–Crippen MR) is 68.2 cm³/mol. The summed E-state index contributed by atoms with van der Waals surface area (Å²) in [5, 5.41) is 27.7. The summed E-state index contributed by atoms with van der Waals surface area (Å²) in [5.41, 5.74) is 2.40. The van der Waals surface area contributed by atoms with Crippen LogP contribution >= 0.6 is 0 Å². The smallest absolute Gasteiger partial charge is 0.217 e. The highest BCUT2D eigenvalue weighted by molar-refractivity contribution is 5.75. The number of anilines is 1. The molecule has 2 rings (SSSR count). The van der Waals surface area contributed by atoms with Crippen LogP contribution in [0, 0.1) is 0 Å². The Morgan fingerprint density at radius 3 is 2.67 bits per heavy atom. The van der Waals surface area contributed by atoms with E-state index < -0.39 is 12.6 Å². The zero-order valence-corrected chi connectivity index (χ0v) is 10.4. The Morgan fingerprint density at radius 1 is 1.33 bits per heavy atom. The van der Waals surface area contributed by atoms with Gasteiger partial charge in [0, 0.05) is 37.8 Å². The maximum atomic E-state index is 9.59. The van der Waals surface area contributed by atoms with E-state index in [4.69, 9.17) is 14.9 Å². The molecule has 0 aromatic heterocycles. The number of ether oxygens (including phenoxy) is 1. The first kappa shape index (κ1) is 12.9. The minimum Gasteiger partial charge on any atom is -0.461 e. The van der Waals surface area contributed by atoms with Gasteiger partial charge in [-0.15, -0.1) is 0 Å². The Kier molecular flexibility index (Phi) is 3.56. The Balaban J connectivity index is 2.38. The number of hydrogen-bond acceptors (Lipinski definition) is 5. The molecule has 1 aromatic carbocycles. The van der Waals surface area contributed by atoms with E-state index in [1.165, 1.54) is 6.08 Å². The monoisotopic (exact) mass is 251 g/mol. The van der Waals surface area contributed by atoms with Crippen LogP contribution in [-0.2, 0) is 0 Å². The van der Waals surface area contributed by atoms with Crippen molar-refractivity contribution in [2.75, 3.05) is 19.0 Å². The molecule has 1 aliphatic heterocycles. The van der Waals surface area contributed by atoms with E-state index in [9.17, 15) is 5.11 Å². The molecule has 0 saturated heterocycles. The normalized spacial score (nSPS) is 18.1. The number of fused-ring (bicyclic) bond motifs is 1. The van der Waals surface area contributed by atoms with Crippen molar-refractivity contribution in [3.63, 3.8) is 0 Å². The quantitative estimate of drug-likeness (QED) is 0.684. The summed E-state index contributed by atoms with van der Waals surface area (Å²) < 4.78 is 5.32. The molecule has 1 aromatic rings. The van der Waals surface area contributed by atoms with Gasteiger partial charge in [0.1, 0.15) is 5.75 Å². The molecule has 5 nitrogen and oxygen atoms in total. The van der Waals surface area contributed by atoms with Crippen LogP contribution in [-0.4, -0.2) is 42.0 Å². The molecule has 18 heavy (non-hydrogen) atoms. The van der Waals surface area contributed by atoms with Crippen LogP contribution in [0.5, 0.6) is 5.75 Å². The third-order valence-corrected chi connectivity index (χ3v) is 2.82. The van der Waals surface area contributed by atoms with Crippen LogP contribution in [0.25, 0.3) is 5.57 Å². The van der Waals surface area contributed by atoms with Crippen LogP contribution in [0.2, 0.25) is 0 Å². The van der Waals surface area contributed by atoms with E-state index in [1.54, 1.807) is 0 Å². The van der Waals surface area contributed by atoms with Crippen LogP contribution in [0.1, 0.15) is 12.0 Å². The van der Waals surface area contributed by atoms with Gasteiger partial charge in [0.2, 0.25) is 6.29 Å². The maximum Gasteiger partial charge on any atom is 0.217 e. The molecule has 0 saturated carbocycles. The fraction of sp³-hybridized carbons (Fsp3) is 0.385. The van der Waals surface area contributed by atoms with Crippen LogP contribution in [0.3, 0.4) is 0 Å². The van der Waals surface area contributed by atoms with Crippen molar-refractivity contribution in [2.24, 2.45) is 0 Å². The highest BCUT2D eigenvalue weighted by atomic mass is 16.6. The summed E-state index contributed by atoms with van der Waals surface area (Å²) in [6.45, 7) is 0. The van der Waals surface area contributed by atoms with Gasteiger partial charge in [-0.3, -0.25) is 0 Å². The molecule has 0 aliphatic carbocycles. The number of hydrogen-bond donors (Lipinski definition) is 3. The summed E-state index contributed by atoms with van der Waals surface area (Å²) in [4.78, 5) is 1.93. The molecule has 0 radical (unpaired) electrons. The van der Waals surface area contributed by atoms with Gasteiger partial charge in [0.15, 0.2) is 6.29 Å². The van der Waals surface area contributed by atoms with Crippen molar-refractivity contribution in [1.29, 1.82) is 0 Å². The summed E-state index contributed by atoms with van der Waals surface area (Å²) in [7, 11) is 3.82. The molecule has 1 unspecified atom stereocenters. The summed E-state index contributed by atoms with van der Waals surface area (Å²) >= 11 is 0. The van der Waals surface area contributed by atoms with Crippen molar-refractivity contribution < 1.29 is 20.1 Å². The molecule has 1 atom stereocenters. The third kappa shape index (κ3) is 2.64. The number of rotatable bonds is 3. The zero-order valence-electron chi connectivity index (χ0n) is 10.4. The standard InChI is InChI=1S/C13H17NO4/c1-14(2)9-3-4-10-8(5-12(15)16)6-13(17)18-11(10)7-9/h3-4,6-7,12-13,15-17H,5H2,1-2H3. The third-order valence-electron chi connectivity index (χ3n) is 2.82. The molecule has 0 fully saturated rings. The first-order valence-corrected chi connectivity index (χ1v) is 5.70. The summed E-state index contributed by atoms with van der Waals surface area (Å²) in [5.74, 6) is 0.548. The highest BCUT2D eigenvalue weighted by Crippen LogP contribution is 2.36. The van der Waals surface area contributed by atoms with Crippen molar-refractivity contribution in [2.45, 2.75) is 19.0 Å². The molecule has 3 N–H and O–H groups in total. The maximum absolute atomic E-state index is 9.59. The molecule has 0 bridgehead atoms. The lowest BCUT2D eigenvalue weighted by Gasteiger charge is -2.24. The van der Waals surface area contributed by atoms with Gasteiger partial charge >= 0.3 is 0 Å². The van der Waals surface area contributed by atoms with E-state index in [2.05, 4.69) is 0 Å². The number of nitrogens with zero attached hydrogens (tertiary/aromatic N) is 1. The molecular weight excluding hydrogens is 234 g/mol. The number of aliphatic hydroxyl groups excluding tert-OH is 2. The van der Waals surface area contributed by atoms with Crippen molar-refractivity contribution in [1.82, 2.24) is 0 Å². The second-order valence-corrected chi connectivity index (χ2v) is 4.46. The number of benzene rings is 1. The lowest BCUT2D eigenvalue weighted by atomic mass is 9.98. The van der Waals surface area contributed by atoms with Crippen molar-refractivity contribution in [3.05, 3.63) is 29.8 Å². The van der Waals surface area contributed by atoms with Crippen molar-refractivity contribution in [3.8, 4) is 5.75 Å². The minimum atomic E-state index is -1.44. The Morgan fingerprint density at radius 2 is 2.06 bits per heavy atom. The van der Waals surface area contributed by atoms with Gasteiger partial charge in [0.05, 0.1) is 0 Å². The van der Waals surface area contributed by atoms with Gasteiger partial charge in [0.25, 0.3) is 0 Å². The Labute approximate surface area is 106 Å². The van der Waals surface area contributed by atoms with Gasteiger partial charge in [-0.1, -0.05) is 0 Å². The Bertz CT molecular complexity index is 468. The van der Waals surface area contributed by atoms with E-state index in [1.807, 2.05) is 37.2 Å². The molecule has 5 heteroatoms. The van der Waals surface area contributed by atoms with Gasteiger partial charge in [-0.05, 0) is 23.8 Å². The zero-order chi connectivity index (χ0) is 13.3. The van der Waals surface area contributed by atoms with Gasteiger partial charge in [-0.25, -0.2) is 0 Å². The molecule has 0 spiro atoms. The number of aliphatic hydroxyl groups is 3. The summed E-state index contributed by atoms with van der Waals surface area (Å²) in [6, 6.07) is 5.58. The fourth-order valence-corrected chi connectivity index (χ4v) is 1.95. The molecule has 1 heterocycles. The van der Waals surface area contributed by atoms with Gasteiger partial charge in [-0.2, -0.15) is 0 Å². The van der Waals surface area contributed by atoms with Crippen LogP contribution < -0.4 is 9.64 Å². The largest absolute Gasteiger partial charge is 0.461 e. The first-order valence-electron chi connectivity index (χ1n) is 5.70. The average molecular weight is 251 g/mol. The second-order valence-electron chi connectivity index (χ2n) is 4.46. The van der Waals surface area contributed by atoms with E-state index in [0.717, 1.165) is 11.3 Å². The second kappa shape index (κ2) is 4.97. The van der Waals surface area contributed by atoms with E-state index >= 15 is 0 Å². The van der Waals surface area contributed by atoms with E-state index in [-0.39, 0.29) is 6.42 Å². The topological polar surface area (TPSA) is 73.2 Å². The lowest BCUT2D eigenvalue weighted by molar-refractivity contribution is -0.0351. The molecular formula is C13H17NO4. The minimum absolute atomic E-state index is 0.0642. The van der Waals surface area contributed by atoms with Crippen LogP contribution in [0.4, 0.5) is 5.69 Å². The molecule has 98 valence electrons. The Hall–Kier alpha value is -1.56. The fourth-order valence-electron chi connectivity index (χ4n) is 1.95. The van der Waals surface area contributed by atoms with Gasteiger partial charge < -0.3 is 25.0 Å². The SMILES string of the molecule is CN(C)c1ccc2c(c1)OC(O)C=C2CC(O)O. The average Bonchev–Trinajstić information content (AvgIpc) is 2.26. The summed E-state index contributed by atoms with van der Waals surface area (Å²) in [6.07, 6.45) is -0.946. The molecule has 1 aliphatic rings. The lowest BCUT2D eigenvalue weighted by Crippen LogP contribution is -2.20.